The Hall–Kier alpha value is -1.15. The summed E-state index contributed by atoms with van der Waals surface area (Å²) >= 11 is 0. The van der Waals surface area contributed by atoms with Gasteiger partial charge in [-0.25, -0.2) is 4.57 Å². The number of aromatic nitrogens is 1. The lowest BCUT2D eigenvalue weighted by Crippen LogP contribution is -3.00. The molecule has 1 nitrogen and oxygen atoms in total. The van der Waals surface area contributed by atoms with Crippen LogP contribution in [-0.4, -0.2) is 0 Å². The summed E-state index contributed by atoms with van der Waals surface area (Å²) in [5.74, 6) is 0. The molecule has 0 saturated heterocycles. The highest BCUT2D eigenvalue weighted by Crippen LogP contribution is 2.00. The fraction of sp³-hybridized carbons (Fsp3) is 0.267. The van der Waals surface area contributed by atoms with E-state index >= 15 is 0 Å². The highest BCUT2D eigenvalue weighted by Gasteiger charge is 2.00. The molecule has 17 heavy (non-hydrogen) atoms. The fourth-order valence-corrected chi connectivity index (χ4v) is 1.78. The van der Waals surface area contributed by atoms with Crippen molar-refractivity contribution in [1.29, 1.82) is 0 Å². The van der Waals surface area contributed by atoms with Crippen molar-refractivity contribution in [2.75, 3.05) is 0 Å². The first-order valence-electron chi connectivity index (χ1n) is 5.90. The summed E-state index contributed by atoms with van der Waals surface area (Å²) in [4.78, 5) is 0. The minimum Gasteiger partial charge on any atom is -1.00 e. The Labute approximate surface area is 114 Å². The van der Waals surface area contributed by atoms with Crippen LogP contribution in [0.1, 0.15) is 18.1 Å². The van der Waals surface area contributed by atoms with Crippen molar-refractivity contribution in [3.8, 4) is 0 Å². The zero-order valence-corrected chi connectivity index (χ0v) is 11.7. The van der Waals surface area contributed by atoms with Gasteiger partial charge in [0.1, 0.15) is 0 Å². The molecule has 1 heterocycles. The Morgan fingerprint density at radius 2 is 1.53 bits per heavy atom. The van der Waals surface area contributed by atoms with Crippen molar-refractivity contribution in [2.24, 2.45) is 0 Å². The molecule has 0 N–H and O–H groups in total. The van der Waals surface area contributed by atoms with Gasteiger partial charge in [0.2, 0.25) is 0 Å². The van der Waals surface area contributed by atoms with Crippen LogP contribution in [0.25, 0.3) is 0 Å². The van der Waals surface area contributed by atoms with Crippen LogP contribution in [0, 0.1) is 0 Å². The lowest BCUT2D eigenvalue weighted by atomic mass is 10.1. The largest absolute Gasteiger partial charge is 1.00 e. The molecule has 2 aromatic rings. The molecule has 0 bridgehead atoms. The van der Waals surface area contributed by atoms with E-state index in [0.717, 1.165) is 19.4 Å². The van der Waals surface area contributed by atoms with Crippen LogP contribution in [-0.2, 0) is 19.4 Å². The third-order valence-electron chi connectivity index (χ3n) is 2.87. The van der Waals surface area contributed by atoms with E-state index in [0.29, 0.717) is 0 Å². The average molecular weight is 292 g/mol. The number of pyridine rings is 1. The lowest BCUT2D eigenvalue weighted by Gasteiger charge is -1.99. The Balaban J connectivity index is 0.00000144. The van der Waals surface area contributed by atoms with Crippen LogP contribution in [0.2, 0.25) is 0 Å². The van der Waals surface area contributed by atoms with E-state index in [-0.39, 0.29) is 17.0 Å². The van der Waals surface area contributed by atoms with E-state index < -0.39 is 0 Å². The maximum Gasteiger partial charge on any atom is 0.169 e. The third kappa shape index (κ3) is 4.31. The predicted octanol–water partition coefficient (Wildman–Crippen LogP) is -0.217. The SMILES string of the molecule is CCc1cc[n+](CCc2ccccc2)cc1.[Br-]. The molecular formula is C15H18BrN. The summed E-state index contributed by atoms with van der Waals surface area (Å²) in [7, 11) is 0. The quantitative estimate of drug-likeness (QED) is 0.686. The maximum absolute atomic E-state index is 2.24. The first kappa shape index (κ1) is 13.9. The molecular weight excluding hydrogens is 274 g/mol. The normalized spacial score (nSPS) is 9.71. The van der Waals surface area contributed by atoms with E-state index in [1.54, 1.807) is 0 Å². The van der Waals surface area contributed by atoms with Crippen molar-refractivity contribution >= 4 is 0 Å². The van der Waals surface area contributed by atoms with Crippen LogP contribution >= 0.6 is 0 Å². The van der Waals surface area contributed by atoms with Gasteiger partial charge in [0.05, 0.1) is 0 Å². The summed E-state index contributed by atoms with van der Waals surface area (Å²) in [6, 6.07) is 15.0. The molecule has 0 saturated carbocycles. The molecule has 2 rings (SSSR count). The van der Waals surface area contributed by atoms with Gasteiger partial charge < -0.3 is 17.0 Å². The highest BCUT2D eigenvalue weighted by molar-refractivity contribution is 5.14. The smallest absolute Gasteiger partial charge is 0.169 e. The molecule has 1 aromatic carbocycles. The summed E-state index contributed by atoms with van der Waals surface area (Å²) < 4.78 is 2.24. The monoisotopic (exact) mass is 291 g/mol. The van der Waals surface area contributed by atoms with Crippen LogP contribution < -0.4 is 21.5 Å². The Morgan fingerprint density at radius 3 is 2.12 bits per heavy atom. The van der Waals surface area contributed by atoms with Crippen LogP contribution in [0.5, 0.6) is 0 Å². The predicted molar refractivity (Wildman–Crippen MR) is 66.2 cm³/mol. The standard InChI is InChI=1S/C15H18N.BrH/c1-2-14-8-11-16(12-9-14)13-10-15-6-4-3-5-7-15;/h3-9,11-12H,2,10,13H2,1H3;1H/q+1;/p-1. The number of benzene rings is 1. The first-order chi connectivity index (χ1) is 7.88. The van der Waals surface area contributed by atoms with Gasteiger partial charge in [0.25, 0.3) is 0 Å². The van der Waals surface area contributed by atoms with E-state index in [9.17, 15) is 0 Å². The number of hydrogen-bond donors (Lipinski definition) is 0. The molecule has 0 amide bonds. The van der Waals surface area contributed by atoms with Crippen molar-refractivity contribution in [3.63, 3.8) is 0 Å². The van der Waals surface area contributed by atoms with Crippen LogP contribution in [0.4, 0.5) is 0 Å². The number of hydrogen-bond acceptors (Lipinski definition) is 0. The molecule has 2 heteroatoms. The van der Waals surface area contributed by atoms with Gasteiger partial charge in [-0.1, -0.05) is 37.3 Å². The van der Waals surface area contributed by atoms with Crippen LogP contribution in [0.3, 0.4) is 0 Å². The van der Waals surface area contributed by atoms with Gasteiger partial charge in [-0.3, -0.25) is 0 Å². The molecule has 90 valence electrons. The second-order valence-corrected chi connectivity index (χ2v) is 4.03. The molecule has 0 aliphatic carbocycles. The van der Waals surface area contributed by atoms with Crippen LogP contribution in [0.15, 0.2) is 54.9 Å². The molecule has 0 aliphatic rings. The van der Waals surface area contributed by atoms with Crippen molar-refractivity contribution in [2.45, 2.75) is 26.3 Å². The van der Waals surface area contributed by atoms with Crippen molar-refractivity contribution in [3.05, 3.63) is 66.0 Å². The minimum atomic E-state index is 0. The van der Waals surface area contributed by atoms with Crippen molar-refractivity contribution < 1.29 is 21.5 Å². The fourth-order valence-electron chi connectivity index (χ4n) is 1.78. The zero-order valence-electron chi connectivity index (χ0n) is 10.1. The molecule has 1 aromatic heterocycles. The maximum atomic E-state index is 2.24. The second kappa shape index (κ2) is 7.23. The van der Waals surface area contributed by atoms with Gasteiger partial charge in [-0.2, -0.15) is 0 Å². The van der Waals surface area contributed by atoms with Gasteiger partial charge in [-0.15, -0.1) is 0 Å². The summed E-state index contributed by atoms with van der Waals surface area (Å²) in [5, 5.41) is 0. The van der Waals surface area contributed by atoms with Gasteiger partial charge in [0.15, 0.2) is 18.9 Å². The van der Waals surface area contributed by atoms with E-state index in [2.05, 4.69) is 66.3 Å². The Morgan fingerprint density at radius 1 is 0.882 bits per heavy atom. The molecule has 0 radical (unpaired) electrons. The van der Waals surface area contributed by atoms with Gasteiger partial charge in [-0.05, 0) is 17.5 Å². The van der Waals surface area contributed by atoms with Crippen molar-refractivity contribution in [1.82, 2.24) is 0 Å². The third-order valence-corrected chi connectivity index (χ3v) is 2.87. The average Bonchev–Trinajstić information content (AvgIpc) is 2.38. The van der Waals surface area contributed by atoms with Gasteiger partial charge in [0, 0.05) is 18.6 Å². The molecule has 0 unspecified atom stereocenters. The topological polar surface area (TPSA) is 3.88 Å². The molecule has 0 spiro atoms. The summed E-state index contributed by atoms with van der Waals surface area (Å²) in [6.45, 7) is 3.23. The molecule has 0 fully saturated rings. The number of rotatable bonds is 4. The van der Waals surface area contributed by atoms with E-state index in [1.807, 2.05) is 0 Å². The lowest BCUT2D eigenvalue weighted by molar-refractivity contribution is -0.696. The van der Waals surface area contributed by atoms with E-state index in [1.165, 1.54) is 11.1 Å². The minimum absolute atomic E-state index is 0. The Kier molecular flexibility index (Phi) is 5.92. The first-order valence-corrected chi connectivity index (χ1v) is 5.90. The summed E-state index contributed by atoms with van der Waals surface area (Å²) in [5.41, 5.74) is 2.80. The number of halogens is 1. The highest BCUT2D eigenvalue weighted by atomic mass is 79.9. The zero-order chi connectivity index (χ0) is 11.2. The number of aryl methyl sites for hydroxylation is 3. The molecule has 0 aliphatic heterocycles. The Bertz CT molecular complexity index is 422. The summed E-state index contributed by atoms with van der Waals surface area (Å²) in [6.07, 6.45) is 6.54. The molecule has 0 atom stereocenters. The van der Waals surface area contributed by atoms with E-state index in [4.69, 9.17) is 0 Å². The van der Waals surface area contributed by atoms with Gasteiger partial charge >= 0.3 is 0 Å². The number of nitrogens with zero attached hydrogens (tertiary/aromatic N) is 1. The second-order valence-electron chi connectivity index (χ2n) is 4.03.